The van der Waals surface area contributed by atoms with Crippen molar-refractivity contribution in [2.75, 3.05) is 0 Å². The number of carbonyl (C=O) groups is 1. The van der Waals surface area contributed by atoms with Gasteiger partial charge in [0.15, 0.2) is 5.76 Å². The molecule has 8 nitrogen and oxygen atoms in total. The molecule has 138 valence electrons. The Hall–Kier alpha value is -4.20. The number of carbonyl (C=O) groups excluding carboxylic acids is 1. The SMILES string of the molecule is O=C(N/N=C\c1ccc([N+](=O)[O-])o1)c1[nH]c2ccccc2c1-c1ccccc1. The van der Waals surface area contributed by atoms with E-state index in [1.165, 1.54) is 18.3 Å². The quantitative estimate of drug-likeness (QED) is 0.311. The number of H-pyrrole nitrogens is 1. The maximum Gasteiger partial charge on any atom is 0.433 e. The van der Waals surface area contributed by atoms with E-state index in [4.69, 9.17) is 4.42 Å². The second-order valence-corrected chi connectivity index (χ2v) is 5.92. The molecule has 1 amide bonds. The fourth-order valence-electron chi connectivity index (χ4n) is 2.94. The normalized spacial score (nSPS) is 11.1. The molecule has 0 saturated heterocycles. The first-order chi connectivity index (χ1) is 13.6. The Morgan fingerprint density at radius 1 is 1.07 bits per heavy atom. The lowest BCUT2D eigenvalue weighted by Gasteiger charge is -2.04. The van der Waals surface area contributed by atoms with Crippen molar-refractivity contribution >= 4 is 28.9 Å². The van der Waals surface area contributed by atoms with Crippen molar-refractivity contribution in [3.63, 3.8) is 0 Å². The molecule has 2 N–H and O–H groups in total. The maximum atomic E-state index is 12.7. The van der Waals surface area contributed by atoms with Crippen molar-refractivity contribution in [2.45, 2.75) is 0 Å². The Bertz CT molecular complexity index is 1190. The molecule has 2 heterocycles. The molecular weight excluding hydrogens is 360 g/mol. The van der Waals surface area contributed by atoms with Crippen LogP contribution in [0.25, 0.3) is 22.0 Å². The van der Waals surface area contributed by atoms with Crippen LogP contribution >= 0.6 is 0 Å². The molecule has 0 aliphatic rings. The van der Waals surface area contributed by atoms with Gasteiger partial charge in [-0.3, -0.25) is 14.9 Å². The van der Waals surface area contributed by atoms with E-state index in [1.54, 1.807) is 0 Å². The topological polar surface area (TPSA) is 114 Å². The number of furan rings is 1. The van der Waals surface area contributed by atoms with Gasteiger partial charge in [0, 0.05) is 16.5 Å². The highest BCUT2D eigenvalue weighted by Crippen LogP contribution is 2.32. The number of aromatic amines is 1. The molecule has 2 aromatic heterocycles. The van der Waals surface area contributed by atoms with Crippen LogP contribution in [0.1, 0.15) is 16.2 Å². The summed E-state index contributed by atoms with van der Waals surface area (Å²) in [5.41, 5.74) is 5.30. The van der Waals surface area contributed by atoms with Crippen molar-refractivity contribution in [2.24, 2.45) is 5.10 Å². The van der Waals surface area contributed by atoms with Crippen LogP contribution < -0.4 is 5.43 Å². The number of nitrogens with one attached hydrogen (secondary N) is 2. The van der Waals surface area contributed by atoms with Gasteiger partial charge in [-0.05, 0) is 17.7 Å². The van der Waals surface area contributed by atoms with Crippen LogP contribution in [0.2, 0.25) is 0 Å². The summed E-state index contributed by atoms with van der Waals surface area (Å²) in [5.74, 6) is -0.672. The van der Waals surface area contributed by atoms with Crippen molar-refractivity contribution in [1.29, 1.82) is 0 Å². The van der Waals surface area contributed by atoms with E-state index in [1.807, 2.05) is 54.6 Å². The smallest absolute Gasteiger partial charge is 0.400 e. The van der Waals surface area contributed by atoms with Crippen LogP contribution in [0.4, 0.5) is 5.88 Å². The zero-order valence-corrected chi connectivity index (χ0v) is 14.5. The second-order valence-electron chi connectivity index (χ2n) is 5.92. The highest BCUT2D eigenvalue weighted by atomic mass is 16.6. The number of benzene rings is 2. The monoisotopic (exact) mass is 374 g/mol. The lowest BCUT2D eigenvalue weighted by Crippen LogP contribution is -2.18. The van der Waals surface area contributed by atoms with Gasteiger partial charge >= 0.3 is 5.88 Å². The Morgan fingerprint density at radius 2 is 1.82 bits per heavy atom. The molecule has 28 heavy (non-hydrogen) atoms. The second kappa shape index (κ2) is 7.20. The van der Waals surface area contributed by atoms with Crippen LogP contribution in [0, 0.1) is 10.1 Å². The Morgan fingerprint density at radius 3 is 2.57 bits per heavy atom. The van der Waals surface area contributed by atoms with Gasteiger partial charge < -0.3 is 9.40 Å². The van der Waals surface area contributed by atoms with Gasteiger partial charge in [-0.25, -0.2) is 5.43 Å². The molecule has 0 spiro atoms. The van der Waals surface area contributed by atoms with Gasteiger partial charge in [-0.1, -0.05) is 48.5 Å². The van der Waals surface area contributed by atoms with E-state index in [2.05, 4.69) is 15.5 Å². The molecule has 8 heteroatoms. The molecule has 4 rings (SSSR count). The van der Waals surface area contributed by atoms with Gasteiger partial charge in [0.25, 0.3) is 5.91 Å². The summed E-state index contributed by atoms with van der Waals surface area (Å²) >= 11 is 0. The van der Waals surface area contributed by atoms with Gasteiger partial charge in [-0.2, -0.15) is 5.10 Å². The molecule has 2 aromatic carbocycles. The average Bonchev–Trinajstić information content (AvgIpc) is 3.33. The fourth-order valence-corrected chi connectivity index (χ4v) is 2.94. The van der Waals surface area contributed by atoms with E-state index < -0.39 is 16.7 Å². The molecule has 0 unspecified atom stereocenters. The average molecular weight is 374 g/mol. The molecule has 0 aliphatic heterocycles. The summed E-state index contributed by atoms with van der Waals surface area (Å²) in [5, 5.41) is 15.4. The third-order valence-corrected chi connectivity index (χ3v) is 4.15. The third-order valence-electron chi connectivity index (χ3n) is 4.15. The number of nitrogens with zero attached hydrogens (tertiary/aromatic N) is 2. The summed E-state index contributed by atoms with van der Waals surface area (Å²) in [7, 11) is 0. The number of hydrogen-bond donors (Lipinski definition) is 2. The number of nitro groups is 1. The molecule has 0 atom stereocenters. The highest BCUT2D eigenvalue weighted by Gasteiger charge is 2.18. The van der Waals surface area contributed by atoms with Gasteiger partial charge in [0.2, 0.25) is 0 Å². The van der Waals surface area contributed by atoms with E-state index in [9.17, 15) is 14.9 Å². The van der Waals surface area contributed by atoms with Crippen molar-refractivity contribution in [1.82, 2.24) is 10.4 Å². The van der Waals surface area contributed by atoms with Crippen molar-refractivity contribution in [3.8, 4) is 11.1 Å². The van der Waals surface area contributed by atoms with Crippen LogP contribution in [-0.4, -0.2) is 22.0 Å². The number of para-hydroxylation sites is 1. The first kappa shape index (κ1) is 17.2. The van der Waals surface area contributed by atoms with Crippen LogP contribution in [0.3, 0.4) is 0 Å². The third kappa shape index (κ3) is 3.26. The van der Waals surface area contributed by atoms with Crippen molar-refractivity contribution < 1.29 is 14.1 Å². The number of fused-ring (bicyclic) bond motifs is 1. The Kier molecular flexibility index (Phi) is 4.43. The predicted octanol–water partition coefficient (Wildman–Crippen LogP) is 4.10. The largest absolute Gasteiger partial charge is 0.433 e. The molecule has 4 aromatic rings. The predicted molar refractivity (Wildman–Crippen MR) is 104 cm³/mol. The van der Waals surface area contributed by atoms with Gasteiger partial charge in [0.05, 0.1) is 12.3 Å². The maximum absolute atomic E-state index is 12.7. The molecular formula is C20H14N4O4. The molecule has 0 radical (unpaired) electrons. The number of hydrogen-bond acceptors (Lipinski definition) is 5. The van der Waals surface area contributed by atoms with E-state index in [0.29, 0.717) is 5.69 Å². The summed E-state index contributed by atoms with van der Waals surface area (Å²) in [6, 6.07) is 19.8. The highest BCUT2D eigenvalue weighted by molar-refractivity contribution is 6.09. The van der Waals surface area contributed by atoms with E-state index in [-0.39, 0.29) is 5.76 Å². The van der Waals surface area contributed by atoms with E-state index >= 15 is 0 Å². The molecule has 0 saturated carbocycles. The minimum absolute atomic E-state index is 0.159. The lowest BCUT2D eigenvalue weighted by atomic mass is 10.0. The molecule has 0 aliphatic carbocycles. The van der Waals surface area contributed by atoms with Crippen molar-refractivity contribution in [3.05, 3.63) is 88.3 Å². The van der Waals surface area contributed by atoms with E-state index in [0.717, 1.165) is 22.0 Å². The fraction of sp³-hybridized carbons (Fsp3) is 0. The van der Waals surface area contributed by atoms with Crippen LogP contribution in [0.15, 0.2) is 76.2 Å². The number of amides is 1. The Balaban J connectivity index is 1.64. The molecule has 0 fully saturated rings. The summed E-state index contributed by atoms with van der Waals surface area (Å²) in [4.78, 5) is 25.8. The minimum atomic E-state index is -0.646. The number of rotatable bonds is 5. The zero-order chi connectivity index (χ0) is 19.5. The summed E-state index contributed by atoms with van der Waals surface area (Å²) < 4.78 is 4.97. The lowest BCUT2D eigenvalue weighted by molar-refractivity contribution is -0.402. The minimum Gasteiger partial charge on any atom is -0.400 e. The van der Waals surface area contributed by atoms with Gasteiger partial charge in [0.1, 0.15) is 10.6 Å². The van der Waals surface area contributed by atoms with Gasteiger partial charge in [-0.15, -0.1) is 0 Å². The first-order valence-corrected chi connectivity index (χ1v) is 8.37. The standard InChI is InChI=1S/C20H14N4O4/c25-20(23-21-12-14-10-11-17(28-14)24(26)27)19-18(13-6-2-1-3-7-13)15-8-4-5-9-16(15)22-19/h1-12,22H,(H,23,25)/b21-12-. The molecule has 0 bridgehead atoms. The Labute approximate surface area is 158 Å². The number of aromatic nitrogens is 1. The van der Waals surface area contributed by atoms with Crippen LogP contribution in [0.5, 0.6) is 0 Å². The summed E-state index contributed by atoms with van der Waals surface area (Å²) in [6.07, 6.45) is 1.20. The number of hydrazone groups is 1. The summed E-state index contributed by atoms with van der Waals surface area (Å²) in [6.45, 7) is 0. The zero-order valence-electron chi connectivity index (χ0n) is 14.5. The first-order valence-electron chi connectivity index (χ1n) is 8.37. The van der Waals surface area contributed by atoms with Crippen LogP contribution in [-0.2, 0) is 0 Å².